The summed E-state index contributed by atoms with van der Waals surface area (Å²) in [5.41, 5.74) is 1.14. The van der Waals surface area contributed by atoms with E-state index in [-0.39, 0.29) is 17.2 Å². The number of carbonyl (C=O) groups excluding carboxylic acids is 2. The van der Waals surface area contributed by atoms with E-state index in [1.165, 1.54) is 23.8 Å². The van der Waals surface area contributed by atoms with Crippen LogP contribution in [0.25, 0.3) is 10.9 Å². The summed E-state index contributed by atoms with van der Waals surface area (Å²) in [7, 11) is 0. The van der Waals surface area contributed by atoms with Crippen LogP contribution in [-0.4, -0.2) is 28.0 Å². The summed E-state index contributed by atoms with van der Waals surface area (Å²) in [6.45, 7) is 2.73. The summed E-state index contributed by atoms with van der Waals surface area (Å²) in [4.78, 5) is 25.8. The van der Waals surface area contributed by atoms with Gasteiger partial charge in [-0.3, -0.25) is 4.79 Å². The normalized spacial score (nSPS) is 10.9. The van der Waals surface area contributed by atoms with E-state index in [0.29, 0.717) is 23.0 Å². The Hall–Kier alpha value is -3.08. The molecule has 0 fully saturated rings. The van der Waals surface area contributed by atoms with Crippen molar-refractivity contribution < 1.29 is 14.7 Å². The smallest absolute Gasteiger partial charge is 0.328 e. The molecule has 2 aromatic carbocycles. The first-order chi connectivity index (χ1) is 14.1. The molecule has 0 aliphatic carbocycles. The molecule has 5 nitrogen and oxygen atoms in total. The number of para-hydroxylation sites is 1. The predicted octanol–water partition coefficient (Wildman–Crippen LogP) is 5.50. The minimum Gasteiger partial charge on any atom is -0.494 e. The highest BCUT2D eigenvalue weighted by Gasteiger charge is 2.25. The second-order valence-electron chi connectivity index (χ2n) is 7.25. The van der Waals surface area contributed by atoms with E-state index in [4.69, 9.17) is 0 Å². The number of nitrogens with zero attached hydrogens (tertiary/aromatic N) is 1. The molecular formula is C24H28N2O3. The molecule has 2 N–H and O–H groups in total. The number of nitrogens with one attached hydrogen (secondary N) is 1. The molecule has 0 spiro atoms. The molecule has 1 amide bonds. The van der Waals surface area contributed by atoms with E-state index in [1.807, 2.05) is 6.07 Å². The van der Waals surface area contributed by atoms with Crippen LogP contribution in [0.2, 0.25) is 0 Å². The van der Waals surface area contributed by atoms with Crippen molar-refractivity contribution in [3.05, 3.63) is 65.7 Å². The average Bonchev–Trinajstić information content (AvgIpc) is 3.05. The van der Waals surface area contributed by atoms with Gasteiger partial charge in [0.05, 0.1) is 11.1 Å². The molecule has 5 heteroatoms. The zero-order chi connectivity index (χ0) is 20.6. The van der Waals surface area contributed by atoms with Gasteiger partial charge in [0.2, 0.25) is 5.88 Å². The van der Waals surface area contributed by atoms with Crippen molar-refractivity contribution in [1.82, 2.24) is 9.88 Å². The van der Waals surface area contributed by atoms with E-state index < -0.39 is 6.03 Å². The van der Waals surface area contributed by atoms with Crippen molar-refractivity contribution in [3.63, 3.8) is 0 Å². The number of fused-ring (bicyclic) bond motifs is 1. The highest BCUT2D eigenvalue weighted by atomic mass is 16.3. The van der Waals surface area contributed by atoms with Crippen molar-refractivity contribution in [2.75, 3.05) is 6.54 Å². The van der Waals surface area contributed by atoms with E-state index in [2.05, 4.69) is 12.2 Å². The number of rotatable bonds is 9. The van der Waals surface area contributed by atoms with Crippen LogP contribution in [0, 0.1) is 0 Å². The number of carbonyl (C=O) groups is 2. The fraction of sp³-hybridized carbons (Fsp3) is 0.333. The molecule has 152 valence electrons. The lowest BCUT2D eigenvalue weighted by Gasteiger charge is -2.08. The lowest BCUT2D eigenvalue weighted by Crippen LogP contribution is -2.29. The van der Waals surface area contributed by atoms with Gasteiger partial charge in [0.1, 0.15) is 0 Å². The largest absolute Gasteiger partial charge is 0.494 e. The fourth-order valence-electron chi connectivity index (χ4n) is 3.57. The van der Waals surface area contributed by atoms with E-state index in [0.717, 1.165) is 19.3 Å². The monoisotopic (exact) mass is 392 g/mol. The number of amides is 1. The Bertz CT molecular complexity index is 976. The van der Waals surface area contributed by atoms with Crippen molar-refractivity contribution in [3.8, 4) is 5.88 Å². The third kappa shape index (κ3) is 4.67. The van der Waals surface area contributed by atoms with Crippen LogP contribution < -0.4 is 5.32 Å². The van der Waals surface area contributed by atoms with E-state index >= 15 is 0 Å². The number of ketones is 1. The van der Waals surface area contributed by atoms with Gasteiger partial charge in [0.15, 0.2) is 5.78 Å². The standard InChI is InChI=1S/C24H28N2O3/c1-2-3-4-5-6-12-17-25-24(29)26-20-16-11-10-15-19(20)21(23(26)28)22(27)18-13-8-7-9-14-18/h7-11,13-16,28H,2-6,12,17H2,1H3,(H,25,29). The molecule has 1 heterocycles. The summed E-state index contributed by atoms with van der Waals surface area (Å²) >= 11 is 0. The zero-order valence-corrected chi connectivity index (χ0v) is 16.9. The first-order valence-electron chi connectivity index (χ1n) is 10.4. The Kier molecular flexibility index (Phi) is 7.06. The molecule has 0 radical (unpaired) electrons. The quantitative estimate of drug-likeness (QED) is 0.373. The summed E-state index contributed by atoms with van der Waals surface area (Å²) in [6.07, 6.45) is 6.80. The van der Waals surface area contributed by atoms with E-state index in [1.54, 1.807) is 48.5 Å². The van der Waals surface area contributed by atoms with Crippen LogP contribution >= 0.6 is 0 Å². The molecule has 0 bridgehead atoms. The van der Waals surface area contributed by atoms with Crippen LogP contribution in [0.15, 0.2) is 54.6 Å². The van der Waals surface area contributed by atoms with Gasteiger partial charge in [-0.15, -0.1) is 0 Å². The second kappa shape index (κ2) is 9.92. The summed E-state index contributed by atoms with van der Waals surface area (Å²) < 4.78 is 1.20. The van der Waals surface area contributed by atoms with Crippen LogP contribution in [0.4, 0.5) is 4.79 Å². The Labute approximate surface area is 171 Å². The molecular weight excluding hydrogens is 364 g/mol. The van der Waals surface area contributed by atoms with Gasteiger partial charge in [0.25, 0.3) is 0 Å². The van der Waals surface area contributed by atoms with Gasteiger partial charge in [-0.25, -0.2) is 9.36 Å². The number of aromatic nitrogens is 1. The van der Waals surface area contributed by atoms with Crippen molar-refractivity contribution in [1.29, 1.82) is 0 Å². The van der Waals surface area contributed by atoms with Gasteiger partial charge >= 0.3 is 6.03 Å². The number of hydrogen-bond acceptors (Lipinski definition) is 3. The van der Waals surface area contributed by atoms with E-state index in [9.17, 15) is 14.7 Å². The Morgan fingerprint density at radius 3 is 2.31 bits per heavy atom. The first kappa shape index (κ1) is 20.6. The van der Waals surface area contributed by atoms with Crippen LogP contribution in [0.5, 0.6) is 5.88 Å². The zero-order valence-electron chi connectivity index (χ0n) is 16.9. The summed E-state index contributed by atoms with van der Waals surface area (Å²) in [5, 5.41) is 14.2. The average molecular weight is 392 g/mol. The van der Waals surface area contributed by atoms with Crippen molar-refractivity contribution >= 4 is 22.7 Å². The highest BCUT2D eigenvalue weighted by molar-refractivity contribution is 6.19. The van der Waals surface area contributed by atoms with Crippen molar-refractivity contribution in [2.45, 2.75) is 45.4 Å². The molecule has 0 saturated heterocycles. The van der Waals surface area contributed by atoms with Crippen molar-refractivity contribution in [2.24, 2.45) is 0 Å². The molecule has 0 unspecified atom stereocenters. The van der Waals surface area contributed by atoms with Crippen LogP contribution in [0.1, 0.15) is 61.4 Å². The SMILES string of the molecule is CCCCCCCCNC(=O)n1c(O)c(C(=O)c2ccccc2)c2ccccc21. The number of aromatic hydroxyl groups is 1. The topological polar surface area (TPSA) is 71.3 Å². The number of benzene rings is 2. The maximum Gasteiger partial charge on any atom is 0.328 e. The molecule has 0 atom stereocenters. The Morgan fingerprint density at radius 1 is 0.897 bits per heavy atom. The second-order valence-corrected chi connectivity index (χ2v) is 7.25. The predicted molar refractivity (Wildman–Crippen MR) is 116 cm³/mol. The third-order valence-electron chi connectivity index (χ3n) is 5.12. The van der Waals surface area contributed by atoms with Crippen LogP contribution in [-0.2, 0) is 0 Å². The minimum atomic E-state index is -0.417. The van der Waals surface area contributed by atoms with Gasteiger partial charge in [-0.1, -0.05) is 87.6 Å². The molecule has 0 aliphatic rings. The van der Waals surface area contributed by atoms with Gasteiger partial charge in [-0.05, 0) is 12.5 Å². The minimum absolute atomic E-state index is 0.154. The van der Waals surface area contributed by atoms with Gasteiger partial charge < -0.3 is 10.4 Å². The lowest BCUT2D eigenvalue weighted by molar-refractivity contribution is 0.103. The Balaban J connectivity index is 1.79. The van der Waals surface area contributed by atoms with Crippen LogP contribution in [0.3, 0.4) is 0 Å². The van der Waals surface area contributed by atoms with Gasteiger partial charge in [0, 0.05) is 17.5 Å². The fourth-order valence-corrected chi connectivity index (χ4v) is 3.57. The maximum absolute atomic E-state index is 13.0. The molecule has 0 saturated carbocycles. The molecule has 0 aliphatic heterocycles. The summed E-state index contributed by atoms with van der Waals surface area (Å²) in [5.74, 6) is -0.623. The number of hydrogen-bond donors (Lipinski definition) is 2. The lowest BCUT2D eigenvalue weighted by atomic mass is 10.0. The molecule has 1 aromatic heterocycles. The molecule has 3 aromatic rings. The summed E-state index contributed by atoms with van der Waals surface area (Å²) in [6, 6.07) is 15.4. The Morgan fingerprint density at radius 2 is 1.55 bits per heavy atom. The first-order valence-corrected chi connectivity index (χ1v) is 10.4. The maximum atomic E-state index is 13.0. The third-order valence-corrected chi connectivity index (χ3v) is 5.12. The molecule has 29 heavy (non-hydrogen) atoms. The highest BCUT2D eigenvalue weighted by Crippen LogP contribution is 2.32. The molecule has 3 rings (SSSR count). The number of unbranched alkanes of at least 4 members (excludes halogenated alkanes) is 5. The van der Waals surface area contributed by atoms with Gasteiger partial charge in [-0.2, -0.15) is 0 Å².